The maximum Gasteiger partial charge on any atom is 0.273 e. The highest BCUT2D eigenvalue weighted by Crippen LogP contribution is 2.42. The van der Waals surface area contributed by atoms with Crippen molar-refractivity contribution in [2.75, 3.05) is 13.1 Å². The summed E-state index contributed by atoms with van der Waals surface area (Å²) in [4.78, 5) is 34.6. The van der Waals surface area contributed by atoms with Crippen LogP contribution in [0.25, 0.3) is 10.9 Å². The molecule has 0 bridgehead atoms. The number of carbonyl (C=O) groups is 2. The van der Waals surface area contributed by atoms with Gasteiger partial charge in [0.25, 0.3) is 5.91 Å². The zero-order valence-corrected chi connectivity index (χ0v) is 15.2. The van der Waals surface area contributed by atoms with E-state index in [1.807, 2.05) is 4.90 Å². The van der Waals surface area contributed by atoms with E-state index in [2.05, 4.69) is 4.98 Å². The molecule has 3 heterocycles. The fourth-order valence-electron chi connectivity index (χ4n) is 4.78. The van der Waals surface area contributed by atoms with Crippen LogP contribution in [0.2, 0.25) is 0 Å². The Hall–Kier alpha value is -2.50. The summed E-state index contributed by atoms with van der Waals surface area (Å²) in [5.74, 6) is -0.593. The summed E-state index contributed by atoms with van der Waals surface area (Å²) in [5, 5.41) is 0.663. The van der Waals surface area contributed by atoms with Crippen LogP contribution in [-0.4, -0.2) is 51.3 Å². The van der Waals surface area contributed by atoms with Crippen molar-refractivity contribution in [2.24, 2.45) is 0 Å². The fourth-order valence-corrected chi connectivity index (χ4v) is 4.78. The number of halogens is 1. The number of aromatic nitrogens is 1. The van der Waals surface area contributed by atoms with Crippen LogP contribution in [0.4, 0.5) is 4.39 Å². The Labute approximate surface area is 157 Å². The molecule has 1 saturated carbocycles. The summed E-state index contributed by atoms with van der Waals surface area (Å²) in [6, 6.07) is 8.47. The number of piperidine rings is 1. The number of pyridine rings is 1. The molecule has 3 aliphatic rings. The monoisotopic (exact) mass is 367 g/mol. The Balaban J connectivity index is 1.50. The third kappa shape index (κ3) is 2.53. The lowest BCUT2D eigenvalue weighted by atomic mass is 9.85. The zero-order valence-electron chi connectivity index (χ0n) is 15.2. The smallest absolute Gasteiger partial charge is 0.273 e. The molecule has 1 unspecified atom stereocenters. The Morgan fingerprint density at radius 1 is 1.11 bits per heavy atom. The van der Waals surface area contributed by atoms with Crippen LogP contribution in [-0.2, 0) is 4.79 Å². The molecule has 2 aromatic rings. The van der Waals surface area contributed by atoms with Gasteiger partial charge in [0.1, 0.15) is 22.6 Å². The topological polar surface area (TPSA) is 53.5 Å². The molecular formula is C21H22FN3O2. The minimum Gasteiger partial charge on any atom is -0.338 e. The highest BCUT2D eigenvalue weighted by molar-refractivity contribution is 6.00. The standard InChI is InChI=1S/C21H22FN3O2/c22-16-5-1-4-14-6-9-17(23-18(14)16)19(26)25-13-3-11-21(25)10-2-12-24(20(21)27)15-7-8-15/h1,4-6,9,15H,2-3,7-8,10-13H2. The average molecular weight is 367 g/mol. The summed E-state index contributed by atoms with van der Waals surface area (Å²) in [6.07, 6.45) is 5.30. The van der Waals surface area contributed by atoms with Crippen molar-refractivity contribution in [3.05, 3.63) is 41.8 Å². The van der Waals surface area contributed by atoms with E-state index in [1.165, 1.54) is 6.07 Å². The Morgan fingerprint density at radius 2 is 1.89 bits per heavy atom. The van der Waals surface area contributed by atoms with Crippen LogP contribution in [0.1, 0.15) is 49.0 Å². The first-order chi connectivity index (χ1) is 13.1. The number of likely N-dealkylation sites (tertiary alicyclic amines) is 2. The number of hydrogen-bond donors (Lipinski definition) is 0. The van der Waals surface area contributed by atoms with Crippen LogP contribution < -0.4 is 0 Å². The van der Waals surface area contributed by atoms with Gasteiger partial charge in [-0.05, 0) is 50.7 Å². The molecule has 2 saturated heterocycles. The molecule has 140 valence electrons. The second-order valence-electron chi connectivity index (χ2n) is 7.93. The SMILES string of the molecule is O=C(c1ccc2cccc(F)c2n1)N1CCCC12CCCN(C1CC1)C2=O. The lowest BCUT2D eigenvalue weighted by Gasteiger charge is -2.44. The summed E-state index contributed by atoms with van der Waals surface area (Å²) >= 11 is 0. The lowest BCUT2D eigenvalue weighted by molar-refractivity contribution is -0.146. The van der Waals surface area contributed by atoms with Gasteiger partial charge in [0.15, 0.2) is 0 Å². The molecule has 0 radical (unpaired) electrons. The van der Waals surface area contributed by atoms with Crippen molar-refractivity contribution in [3.8, 4) is 0 Å². The molecule has 3 fully saturated rings. The van der Waals surface area contributed by atoms with Gasteiger partial charge in [-0.25, -0.2) is 9.37 Å². The molecule has 5 nitrogen and oxygen atoms in total. The van der Waals surface area contributed by atoms with E-state index in [9.17, 15) is 14.0 Å². The zero-order chi connectivity index (χ0) is 18.6. The number of para-hydroxylation sites is 1. The third-order valence-corrected chi connectivity index (χ3v) is 6.26. The average Bonchev–Trinajstić information content (AvgIpc) is 3.44. The molecule has 1 aromatic heterocycles. The Bertz CT molecular complexity index is 942. The van der Waals surface area contributed by atoms with Crippen molar-refractivity contribution in [1.82, 2.24) is 14.8 Å². The molecule has 1 spiro atoms. The molecule has 27 heavy (non-hydrogen) atoms. The predicted molar refractivity (Wildman–Crippen MR) is 98.7 cm³/mol. The first kappa shape index (κ1) is 16.7. The van der Waals surface area contributed by atoms with E-state index in [0.29, 0.717) is 30.8 Å². The molecular weight excluding hydrogens is 345 g/mol. The van der Waals surface area contributed by atoms with E-state index in [0.717, 1.165) is 32.2 Å². The predicted octanol–water partition coefficient (Wildman–Crippen LogP) is 3.13. The highest BCUT2D eigenvalue weighted by atomic mass is 19.1. The van der Waals surface area contributed by atoms with E-state index >= 15 is 0 Å². The molecule has 6 heteroatoms. The fraction of sp³-hybridized carbons (Fsp3) is 0.476. The quantitative estimate of drug-likeness (QED) is 0.819. The van der Waals surface area contributed by atoms with Crippen LogP contribution >= 0.6 is 0 Å². The molecule has 0 N–H and O–H groups in total. The maximum atomic E-state index is 14.1. The number of hydrogen-bond acceptors (Lipinski definition) is 3. The number of rotatable bonds is 2. The second kappa shape index (κ2) is 6.01. The summed E-state index contributed by atoms with van der Waals surface area (Å²) in [5.41, 5.74) is -0.319. The molecule has 1 atom stereocenters. The van der Waals surface area contributed by atoms with Crippen molar-refractivity contribution in [3.63, 3.8) is 0 Å². The van der Waals surface area contributed by atoms with Crippen LogP contribution in [0.15, 0.2) is 30.3 Å². The Kier molecular flexibility index (Phi) is 3.71. The number of benzene rings is 1. The van der Waals surface area contributed by atoms with Crippen LogP contribution in [0.5, 0.6) is 0 Å². The van der Waals surface area contributed by atoms with Gasteiger partial charge in [0.05, 0.1) is 0 Å². The molecule has 2 aliphatic heterocycles. The van der Waals surface area contributed by atoms with E-state index in [1.54, 1.807) is 29.2 Å². The molecule has 1 aromatic carbocycles. The van der Waals surface area contributed by atoms with Crippen molar-refractivity contribution in [2.45, 2.75) is 50.1 Å². The van der Waals surface area contributed by atoms with Gasteiger partial charge in [-0.1, -0.05) is 18.2 Å². The highest BCUT2D eigenvalue weighted by Gasteiger charge is 2.54. The van der Waals surface area contributed by atoms with Gasteiger partial charge < -0.3 is 9.80 Å². The first-order valence-corrected chi connectivity index (χ1v) is 9.78. The number of carbonyl (C=O) groups excluding carboxylic acids is 2. The number of fused-ring (bicyclic) bond motifs is 1. The summed E-state index contributed by atoms with van der Waals surface area (Å²) in [6.45, 7) is 1.35. The first-order valence-electron chi connectivity index (χ1n) is 9.78. The number of amides is 2. The van der Waals surface area contributed by atoms with Gasteiger partial charge in [-0.3, -0.25) is 9.59 Å². The maximum absolute atomic E-state index is 14.1. The number of nitrogens with zero attached hydrogens (tertiary/aromatic N) is 3. The van der Waals surface area contributed by atoms with Gasteiger partial charge in [-0.2, -0.15) is 0 Å². The normalized spacial score (nSPS) is 25.6. The minimum atomic E-state index is -0.732. The van der Waals surface area contributed by atoms with Crippen molar-refractivity contribution in [1.29, 1.82) is 0 Å². The van der Waals surface area contributed by atoms with Crippen molar-refractivity contribution >= 4 is 22.7 Å². The molecule has 5 rings (SSSR count). The third-order valence-electron chi connectivity index (χ3n) is 6.26. The van der Waals surface area contributed by atoms with Crippen LogP contribution in [0.3, 0.4) is 0 Å². The van der Waals surface area contributed by atoms with E-state index in [4.69, 9.17) is 0 Å². The van der Waals surface area contributed by atoms with Gasteiger partial charge in [0, 0.05) is 24.5 Å². The largest absolute Gasteiger partial charge is 0.338 e. The summed E-state index contributed by atoms with van der Waals surface area (Å²) < 4.78 is 14.1. The lowest BCUT2D eigenvalue weighted by Crippen LogP contribution is -2.61. The van der Waals surface area contributed by atoms with Gasteiger partial charge in [-0.15, -0.1) is 0 Å². The Morgan fingerprint density at radius 3 is 2.67 bits per heavy atom. The molecule has 1 aliphatic carbocycles. The van der Waals surface area contributed by atoms with Gasteiger partial charge >= 0.3 is 0 Å². The van der Waals surface area contributed by atoms with Gasteiger partial charge in [0.2, 0.25) is 5.91 Å². The van der Waals surface area contributed by atoms with E-state index < -0.39 is 11.4 Å². The van der Waals surface area contributed by atoms with Crippen molar-refractivity contribution < 1.29 is 14.0 Å². The minimum absolute atomic E-state index is 0.106. The van der Waals surface area contributed by atoms with E-state index in [-0.39, 0.29) is 23.0 Å². The second-order valence-corrected chi connectivity index (χ2v) is 7.93. The molecule has 2 amide bonds. The van der Waals surface area contributed by atoms with Crippen LogP contribution in [0, 0.1) is 5.82 Å². The summed E-state index contributed by atoms with van der Waals surface area (Å²) in [7, 11) is 0.